The van der Waals surface area contributed by atoms with Crippen LogP contribution in [0.15, 0.2) is 0 Å². The molecule has 0 fully saturated rings. The van der Waals surface area contributed by atoms with Crippen molar-refractivity contribution < 1.29 is 19.5 Å². The number of carboxylic acids is 1. The molecule has 0 atom stereocenters. The lowest BCUT2D eigenvalue weighted by Gasteiger charge is -2.20. The van der Waals surface area contributed by atoms with E-state index in [1.54, 1.807) is 19.0 Å². The Kier molecular flexibility index (Phi) is 11.1. The molecular formula is C12H25N5O4. The van der Waals surface area contributed by atoms with Crippen molar-refractivity contribution in [1.29, 1.82) is 0 Å². The summed E-state index contributed by atoms with van der Waals surface area (Å²) in [6, 6.07) is 0. The molecule has 2 amide bonds. The summed E-state index contributed by atoms with van der Waals surface area (Å²) in [6.45, 7) is 2.35. The van der Waals surface area contributed by atoms with Crippen molar-refractivity contribution in [3.8, 4) is 0 Å². The summed E-state index contributed by atoms with van der Waals surface area (Å²) in [7, 11) is 3.11. The third-order valence-electron chi connectivity index (χ3n) is 2.70. The second-order valence-electron chi connectivity index (χ2n) is 4.37. The third kappa shape index (κ3) is 11.8. The lowest BCUT2D eigenvalue weighted by Crippen LogP contribution is -2.42. The van der Waals surface area contributed by atoms with E-state index in [0.717, 1.165) is 0 Å². The van der Waals surface area contributed by atoms with Gasteiger partial charge in [-0.1, -0.05) is 0 Å². The molecule has 0 bridgehead atoms. The molecule has 122 valence electrons. The minimum Gasteiger partial charge on any atom is -0.480 e. The van der Waals surface area contributed by atoms with Crippen LogP contribution in [-0.2, 0) is 14.4 Å². The largest absolute Gasteiger partial charge is 0.480 e. The Morgan fingerprint density at radius 2 is 1.33 bits per heavy atom. The number of nitrogens with one attached hydrogen (secondary N) is 4. The van der Waals surface area contributed by atoms with Gasteiger partial charge in [0, 0.05) is 40.3 Å². The molecule has 0 aliphatic rings. The van der Waals surface area contributed by atoms with Crippen LogP contribution in [0.4, 0.5) is 0 Å². The first-order valence-electron chi connectivity index (χ1n) is 6.76. The van der Waals surface area contributed by atoms with E-state index in [-0.39, 0.29) is 31.4 Å². The highest BCUT2D eigenvalue weighted by atomic mass is 16.4. The van der Waals surface area contributed by atoms with Crippen LogP contribution in [-0.4, -0.2) is 87.7 Å². The van der Waals surface area contributed by atoms with E-state index < -0.39 is 5.97 Å². The van der Waals surface area contributed by atoms with Gasteiger partial charge in [-0.15, -0.1) is 0 Å². The highest BCUT2D eigenvalue weighted by Gasteiger charge is 2.09. The van der Waals surface area contributed by atoms with E-state index in [1.165, 1.54) is 0 Å². The van der Waals surface area contributed by atoms with Crippen LogP contribution in [0.5, 0.6) is 0 Å². The lowest BCUT2D eigenvalue weighted by molar-refractivity contribution is -0.138. The molecule has 21 heavy (non-hydrogen) atoms. The Morgan fingerprint density at radius 1 is 0.905 bits per heavy atom. The van der Waals surface area contributed by atoms with E-state index in [2.05, 4.69) is 21.3 Å². The lowest BCUT2D eigenvalue weighted by atomic mass is 10.4. The highest BCUT2D eigenvalue weighted by molar-refractivity contribution is 5.77. The number of likely N-dealkylation sites (N-methyl/N-ethyl adjacent to an activating group) is 2. The SMILES string of the molecule is CNC(=O)CNCCN(CCNCC(=O)NC)CC(=O)O. The second-order valence-corrected chi connectivity index (χ2v) is 4.37. The molecule has 0 spiro atoms. The summed E-state index contributed by atoms with van der Waals surface area (Å²) < 4.78 is 0. The molecule has 9 heteroatoms. The first-order chi connectivity index (χ1) is 9.99. The Balaban J connectivity index is 3.89. The van der Waals surface area contributed by atoms with Crippen molar-refractivity contribution in [2.24, 2.45) is 0 Å². The molecule has 0 saturated heterocycles. The summed E-state index contributed by atoms with van der Waals surface area (Å²) in [4.78, 5) is 34.5. The van der Waals surface area contributed by atoms with Crippen LogP contribution in [0.1, 0.15) is 0 Å². The fourth-order valence-corrected chi connectivity index (χ4v) is 1.52. The highest BCUT2D eigenvalue weighted by Crippen LogP contribution is 1.86. The summed E-state index contributed by atoms with van der Waals surface area (Å²) in [5, 5.41) is 19.7. The number of amides is 2. The van der Waals surface area contributed by atoms with Crippen LogP contribution >= 0.6 is 0 Å². The van der Waals surface area contributed by atoms with Gasteiger partial charge in [0.25, 0.3) is 0 Å². The number of carbonyl (C=O) groups excluding carboxylic acids is 2. The zero-order valence-electron chi connectivity index (χ0n) is 12.6. The maximum absolute atomic E-state index is 11.0. The Labute approximate surface area is 124 Å². The van der Waals surface area contributed by atoms with Gasteiger partial charge in [0.1, 0.15) is 0 Å². The van der Waals surface area contributed by atoms with Crippen molar-refractivity contribution in [1.82, 2.24) is 26.2 Å². The predicted molar refractivity (Wildman–Crippen MR) is 77.9 cm³/mol. The molecular weight excluding hydrogens is 278 g/mol. The van der Waals surface area contributed by atoms with Gasteiger partial charge in [-0.05, 0) is 0 Å². The van der Waals surface area contributed by atoms with Gasteiger partial charge >= 0.3 is 5.97 Å². The maximum Gasteiger partial charge on any atom is 0.317 e. The molecule has 0 heterocycles. The molecule has 0 aromatic heterocycles. The number of carbonyl (C=O) groups is 3. The molecule has 0 unspecified atom stereocenters. The van der Waals surface area contributed by atoms with Gasteiger partial charge in [0.2, 0.25) is 11.8 Å². The number of aliphatic carboxylic acids is 1. The van der Waals surface area contributed by atoms with Crippen molar-refractivity contribution in [2.75, 3.05) is 59.9 Å². The van der Waals surface area contributed by atoms with E-state index >= 15 is 0 Å². The number of rotatable bonds is 12. The number of nitrogens with zero attached hydrogens (tertiary/aromatic N) is 1. The Hall–Kier alpha value is -1.71. The monoisotopic (exact) mass is 303 g/mol. The summed E-state index contributed by atoms with van der Waals surface area (Å²) >= 11 is 0. The van der Waals surface area contributed by atoms with E-state index in [9.17, 15) is 14.4 Å². The van der Waals surface area contributed by atoms with Gasteiger partial charge in [0.05, 0.1) is 19.6 Å². The topological polar surface area (TPSA) is 123 Å². The van der Waals surface area contributed by atoms with Gasteiger partial charge in [-0.25, -0.2) is 0 Å². The third-order valence-corrected chi connectivity index (χ3v) is 2.70. The summed E-state index contributed by atoms with van der Waals surface area (Å²) in [5.74, 6) is -1.15. The van der Waals surface area contributed by atoms with E-state index in [1.807, 2.05) is 0 Å². The summed E-state index contributed by atoms with van der Waals surface area (Å²) in [6.07, 6.45) is 0. The molecule has 0 aliphatic carbocycles. The van der Waals surface area contributed by atoms with E-state index in [4.69, 9.17) is 5.11 Å². The normalized spacial score (nSPS) is 10.4. The van der Waals surface area contributed by atoms with Gasteiger partial charge in [-0.2, -0.15) is 0 Å². The first-order valence-corrected chi connectivity index (χ1v) is 6.76. The zero-order valence-corrected chi connectivity index (χ0v) is 12.6. The number of hydrogen-bond acceptors (Lipinski definition) is 6. The quantitative estimate of drug-likeness (QED) is 0.244. The average Bonchev–Trinajstić information content (AvgIpc) is 2.46. The molecule has 0 rings (SSSR count). The van der Waals surface area contributed by atoms with Crippen LogP contribution < -0.4 is 21.3 Å². The molecule has 9 nitrogen and oxygen atoms in total. The Bertz CT molecular complexity index is 314. The van der Waals surface area contributed by atoms with Crippen molar-refractivity contribution in [3.63, 3.8) is 0 Å². The molecule has 0 aromatic rings. The van der Waals surface area contributed by atoms with Crippen molar-refractivity contribution in [2.45, 2.75) is 0 Å². The first kappa shape index (κ1) is 19.3. The van der Waals surface area contributed by atoms with Crippen LogP contribution in [0.25, 0.3) is 0 Å². The van der Waals surface area contributed by atoms with Gasteiger partial charge < -0.3 is 26.4 Å². The minimum absolute atomic E-state index is 0.0801. The molecule has 0 aliphatic heterocycles. The van der Waals surface area contributed by atoms with Crippen molar-refractivity contribution >= 4 is 17.8 Å². The van der Waals surface area contributed by atoms with Crippen LogP contribution in [0, 0.1) is 0 Å². The van der Waals surface area contributed by atoms with E-state index in [0.29, 0.717) is 26.2 Å². The zero-order chi connectivity index (χ0) is 16.1. The maximum atomic E-state index is 11.0. The second kappa shape index (κ2) is 12.1. The molecule has 5 N–H and O–H groups in total. The predicted octanol–water partition coefficient (Wildman–Crippen LogP) is -2.96. The Morgan fingerprint density at radius 3 is 1.67 bits per heavy atom. The van der Waals surface area contributed by atoms with Crippen LogP contribution in [0.2, 0.25) is 0 Å². The summed E-state index contributed by atoms with van der Waals surface area (Å²) in [5.41, 5.74) is 0. The smallest absolute Gasteiger partial charge is 0.317 e. The van der Waals surface area contributed by atoms with Crippen LogP contribution in [0.3, 0.4) is 0 Å². The molecule has 0 aromatic carbocycles. The average molecular weight is 303 g/mol. The number of carboxylic acid groups (broad SMARTS) is 1. The minimum atomic E-state index is -0.910. The van der Waals surface area contributed by atoms with Gasteiger partial charge in [0.15, 0.2) is 0 Å². The fraction of sp³-hybridized carbons (Fsp3) is 0.750. The van der Waals surface area contributed by atoms with Crippen molar-refractivity contribution in [3.05, 3.63) is 0 Å². The van der Waals surface area contributed by atoms with Gasteiger partial charge in [-0.3, -0.25) is 19.3 Å². The number of hydrogen-bond donors (Lipinski definition) is 5. The molecule has 0 radical (unpaired) electrons. The molecule has 0 saturated carbocycles. The fourth-order valence-electron chi connectivity index (χ4n) is 1.52. The standard InChI is InChI=1S/C12H25N5O4/c1-13-10(18)7-15-3-5-17(9-12(20)21)6-4-16-8-11(19)14-2/h15-16H,3-9H2,1-2H3,(H,13,18)(H,14,19)(H,20,21).